The molecule has 2 aliphatic rings. The lowest BCUT2D eigenvalue weighted by Crippen LogP contribution is -2.44. The molecular formula is C24H34N4O5. The molecule has 0 aliphatic carbocycles. The van der Waals surface area contributed by atoms with Gasteiger partial charge in [0.25, 0.3) is 0 Å². The molecule has 3 heterocycles. The zero-order valence-corrected chi connectivity index (χ0v) is 19.9. The highest BCUT2D eigenvalue weighted by atomic mass is 16.6. The number of amides is 1. The van der Waals surface area contributed by atoms with E-state index in [-0.39, 0.29) is 24.3 Å². The molecule has 2 saturated heterocycles. The molecule has 9 heteroatoms. The molecule has 0 bridgehead atoms. The topological polar surface area (TPSA) is 94.9 Å². The molecule has 0 saturated carbocycles. The summed E-state index contributed by atoms with van der Waals surface area (Å²) in [6.45, 7) is 7.57. The number of aromatic nitrogens is 2. The van der Waals surface area contributed by atoms with E-state index in [1.165, 1.54) is 7.11 Å². The van der Waals surface area contributed by atoms with Crippen molar-refractivity contribution in [1.82, 2.24) is 14.7 Å². The van der Waals surface area contributed by atoms with Crippen molar-refractivity contribution in [3.8, 4) is 0 Å². The fourth-order valence-corrected chi connectivity index (χ4v) is 4.35. The molecule has 1 atom stereocenters. The summed E-state index contributed by atoms with van der Waals surface area (Å²) in [5.41, 5.74) is 0.899. The Kier molecular flexibility index (Phi) is 6.78. The number of methoxy groups -OCH3 is 1. The molecule has 4 rings (SSSR count). The van der Waals surface area contributed by atoms with E-state index in [2.05, 4.69) is 5.32 Å². The minimum atomic E-state index is -0.504. The minimum absolute atomic E-state index is 0.116. The largest absolute Gasteiger partial charge is 0.465 e. The number of piperidine rings is 1. The highest BCUT2D eigenvalue weighted by Gasteiger charge is 2.28. The van der Waals surface area contributed by atoms with Gasteiger partial charge in [0, 0.05) is 31.1 Å². The first kappa shape index (κ1) is 23.4. The highest BCUT2D eigenvalue weighted by molar-refractivity contribution is 5.98. The van der Waals surface area contributed by atoms with Crippen molar-refractivity contribution in [3.05, 3.63) is 23.8 Å². The molecular weight excluding hydrogens is 424 g/mol. The molecule has 2 aliphatic heterocycles. The van der Waals surface area contributed by atoms with Gasteiger partial charge in [-0.25, -0.2) is 14.3 Å². The minimum Gasteiger partial charge on any atom is -0.465 e. The van der Waals surface area contributed by atoms with E-state index in [0.29, 0.717) is 18.7 Å². The van der Waals surface area contributed by atoms with Crippen molar-refractivity contribution in [3.63, 3.8) is 0 Å². The van der Waals surface area contributed by atoms with E-state index in [9.17, 15) is 9.59 Å². The lowest BCUT2D eigenvalue weighted by atomic mass is 10.0. The van der Waals surface area contributed by atoms with Crippen LogP contribution in [0.4, 0.5) is 10.6 Å². The number of fused-ring (bicyclic) bond motifs is 1. The van der Waals surface area contributed by atoms with Gasteiger partial charge in [-0.15, -0.1) is 0 Å². The summed E-state index contributed by atoms with van der Waals surface area (Å²) < 4.78 is 18.3. The Morgan fingerprint density at radius 3 is 2.55 bits per heavy atom. The summed E-state index contributed by atoms with van der Waals surface area (Å²) in [4.78, 5) is 26.2. The number of benzene rings is 1. The number of hydrogen-bond donors (Lipinski definition) is 1. The van der Waals surface area contributed by atoms with Gasteiger partial charge in [-0.3, -0.25) is 0 Å². The number of rotatable bonds is 4. The zero-order chi connectivity index (χ0) is 23.6. The first-order chi connectivity index (χ1) is 15.7. The molecule has 2 fully saturated rings. The van der Waals surface area contributed by atoms with Crippen LogP contribution in [0.5, 0.6) is 0 Å². The maximum atomic E-state index is 12.4. The van der Waals surface area contributed by atoms with Gasteiger partial charge in [0.1, 0.15) is 5.60 Å². The molecule has 180 valence electrons. The monoisotopic (exact) mass is 458 g/mol. The van der Waals surface area contributed by atoms with Crippen molar-refractivity contribution in [1.29, 1.82) is 0 Å². The number of ether oxygens (including phenoxy) is 3. The van der Waals surface area contributed by atoms with Crippen LogP contribution in [0, 0.1) is 0 Å². The van der Waals surface area contributed by atoms with Gasteiger partial charge in [-0.1, -0.05) is 0 Å². The SMILES string of the molecule is COC(=O)c1ccc2c(c1)c(NC1CCN(C(=O)OC(C)(C)C)CC1)nn2C1CCCCO1. The van der Waals surface area contributed by atoms with Gasteiger partial charge in [0.05, 0.1) is 18.2 Å². The van der Waals surface area contributed by atoms with Crippen molar-refractivity contribution >= 4 is 28.8 Å². The van der Waals surface area contributed by atoms with Gasteiger partial charge in [0.2, 0.25) is 0 Å². The number of carbonyl (C=O) groups excluding carboxylic acids is 2. The second-order valence-electron chi connectivity index (χ2n) is 9.72. The Balaban J connectivity index is 1.53. The Labute approximate surface area is 194 Å². The molecule has 1 aromatic carbocycles. The zero-order valence-electron chi connectivity index (χ0n) is 19.9. The van der Waals surface area contributed by atoms with Crippen LogP contribution >= 0.6 is 0 Å². The summed E-state index contributed by atoms with van der Waals surface area (Å²) in [6, 6.07) is 5.65. The summed E-state index contributed by atoms with van der Waals surface area (Å²) >= 11 is 0. The van der Waals surface area contributed by atoms with Crippen LogP contribution < -0.4 is 5.32 Å². The van der Waals surface area contributed by atoms with Crippen LogP contribution in [-0.4, -0.2) is 65.2 Å². The summed E-state index contributed by atoms with van der Waals surface area (Å²) in [6.07, 6.45) is 4.24. The predicted molar refractivity (Wildman–Crippen MR) is 124 cm³/mol. The van der Waals surface area contributed by atoms with Crippen molar-refractivity contribution in [2.45, 2.75) is 70.7 Å². The van der Waals surface area contributed by atoms with Gasteiger partial charge >= 0.3 is 12.1 Å². The fraction of sp³-hybridized carbons (Fsp3) is 0.625. The molecule has 9 nitrogen and oxygen atoms in total. The van der Waals surface area contributed by atoms with Gasteiger partial charge < -0.3 is 24.4 Å². The van der Waals surface area contributed by atoms with Crippen LogP contribution in [-0.2, 0) is 14.2 Å². The standard InChI is InChI=1S/C24H34N4O5/c1-24(2,3)33-23(30)27-12-10-17(11-13-27)25-21-18-15-16(22(29)31-4)8-9-19(18)28(26-21)20-7-5-6-14-32-20/h8-9,15,17,20H,5-7,10-14H2,1-4H3,(H,25,26). The first-order valence-electron chi connectivity index (χ1n) is 11.7. The maximum Gasteiger partial charge on any atom is 0.410 e. The highest BCUT2D eigenvalue weighted by Crippen LogP contribution is 2.32. The van der Waals surface area contributed by atoms with Gasteiger partial charge in [-0.05, 0) is 71.1 Å². The van der Waals surface area contributed by atoms with Crippen LogP contribution in [0.1, 0.15) is 69.5 Å². The lowest BCUT2D eigenvalue weighted by molar-refractivity contribution is -0.0365. The average molecular weight is 459 g/mol. The molecule has 1 amide bonds. The van der Waals surface area contributed by atoms with E-state index >= 15 is 0 Å². The number of likely N-dealkylation sites (tertiary alicyclic amines) is 1. The van der Waals surface area contributed by atoms with Crippen LogP contribution in [0.3, 0.4) is 0 Å². The van der Waals surface area contributed by atoms with Gasteiger partial charge in [-0.2, -0.15) is 5.10 Å². The summed E-state index contributed by atoms with van der Waals surface area (Å²) in [7, 11) is 1.38. The summed E-state index contributed by atoms with van der Waals surface area (Å²) in [5.74, 6) is 0.343. The number of nitrogens with one attached hydrogen (secondary N) is 1. The fourth-order valence-electron chi connectivity index (χ4n) is 4.35. The first-order valence-corrected chi connectivity index (χ1v) is 11.7. The third-order valence-corrected chi connectivity index (χ3v) is 6.04. The Hall–Kier alpha value is -2.81. The van der Waals surface area contributed by atoms with Crippen LogP contribution in [0.25, 0.3) is 10.9 Å². The van der Waals surface area contributed by atoms with Crippen LogP contribution in [0.2, 0.25) is 0 Å². The normalized spacial score (nSPS) is 20.0. The molecule has 1 aromatic heterocycles. The molecule has 0 radical (unpaired) electrons. The Morgan fingerprint density at radius 2 is 1.91 bits per heavy atom. The van der Waals surface area contributed by atoms with Crippen LogP contribution in [0.15, 0.2) is 18.2 Å². The number of carbonyl (C=O) groups is 2. The molecule has 33 heavy (non-hydrogen) atoms. The third-order valence-electron chi connectivity index (χ3n) is 6.04. The molecule has 1 N–H and O–H groups in total. The van der Waals surface area contributed by atoms with E-state index in [1.807, 2.05) is 37.6 Å². The quantitative estimate of drug-likeness (QED) is 0.681. The average Bonchev–Trinajstić information content (AvgIpc) is 3.16. The van der Waals surface area contributed by atoms with E-state index in [1.54, 1.807) is 11.0 Å². The predicted octanol–water partition coefficient (Wildman–Crippen LogP) is 4.33. The number of anilines is 1. The number of nitrogens with zero attached hydrogens (tertiary/aromatic N) is 3. The van der Waals surface area contributed by atoms with E-state index in [4.69, 9.17) is 19.3 Å². The summed E-state index contributed by atoms with van der Waals surface area (Å²) in [5, 5.41) is 9.28. The Bertz CT molecular complexity index is 998. The molecule has 0 spiro atoms. The van der Waals surface area contributed by atoms with Crippen molar-refractivity contribution in [2.24, 2.45) is 0 Å². The lowest BCUT2D eigenvalue weighted by Gasteiger charge is -2.33. The van der Waals surface area contributed by atoms with Crippen molar-refractivity contribution in [2.75, 3.05) is 32.1 Å². The number of hydrogen-bond acceptors (Lipinski definition) is 7. The second-order valence-corrected chi connectivity index (χ2v) is 9.72. The third kappa shape index (κ3) is 5.40. The molecule has 1 unspecified atom stereocenters. The maximum absolute atomic E-state index is 12.4. The second kappa shape index (κ2) is 9.59. The number of esters is 1. The van der Waals surface area contributed by atoms with E-state index in [0.717, 1.165) is 55.4 Å². The van der Waals surface area contributed by atoms with Crippen molar-refractivity contribution < 1.29 is 23.8 Å². The molecule has 2 aromatic rings. The van der Waals surface area contributed by atoms with Gasteiger partial charge in [0.15, 0.2) is 12.0 Å². The Morgan fingerprint density at radius 1 is 1.15 bits per heavy atom. The smallest absolute Gasteiger partial charge is 0.410 e. The van der Waals surface area contributed by atoms with E-state index < -0.39 is 5.60 Å².